The summed E-state index contributed by atoms with van der Waals surface area (Å²) in [5, 5.41) is 23.1. The molecule has 2 aliphatic heterocycles. The van der Waals surface area contributed by atoms with Crippen LogP contribution in [0.4, 0.5) is 10.9 Å². The molecule has 0 spiro atoms. The van der Waals surface area contributed by atoms with Crippen molar-refractivity contribution in [1.29, 1.82) is 0 Å². The number of nitrogens with one attached hydrogen (secondary N) is 2. The van der Waals surface area contributed by atoms with Gasteiger partial charge >= 0.3 is 11.6 Å². The second-order valence-corrected chi connectivity index (χ2v) is 11.6. The van der Waals surface area contributed by atoms with Crippen molar-refractivity contribution in [3.8, 4) is 0 Å². The number of nitrogens with two attached hydrogens (primary N) is 1. The summed E-state index contributed by atoms with van der Waals surface area (Å²) in [7, 11) is 0. The first-order valence-corrected chi connectivity index (χ1v) is 14.8. The molecule has 1 saturated heterocycles. The predicted octanol–water partition coefficient (Wildman–Crippen LogP) is -0.274. The SMILES string of the molecule is Nc1nc(/C(=N/OC2CCCC2)C(=O)N[C@@H]2C(=O)N3C(C(=O)O)=C(C[n+]4cc(NC=O)n5ncccc54)CS[C@H]23)ns1. The molecule has 0 radical (unpaired) electrons. The minimum atomic E-state index is -1.27. The van der Waals surface area contributed by atoms with Crippen LogP contribution in [0.3, 0.4) is 0 Å². The number of amides is 3. The lowest BCUT2D eigenvalue weighted by molar-refractivity contribution is -0.662. The molecule has 2 fully saturated rings. The van der Waals surface area contributed by atoms with Gasteiger partial charge in [0.15, 0.2) is 11.3 Å². The molecule has 3 amide bonds. The first-order chi connectivity index (χ1) is 20.4. The van der Waals surface area contributed by atoms with Gasteiger partial charge in [-0.3, -0.25) is 24.6 Å². The lowest BCUT2D eigenvalue weighted by atomic mass is 10.0. The normalized spacial score (nSPS) is 20.8. The first kappa shape index (κ1) is 27.6. The van der Waals surface area contributed by atoms with Crippen LogP contribution in [-0.2, 0) is 30.6 Å². The number of oxime groups is 1. The number of aliphatic carboxylic acids is 1. The molecule has 5 heterocycles. The van der Waals surface area contributed by atoms with Crippen LogP contribution in [0, 0.1) is 0 Å². The summed E-state index contributed by atoms with van der Waals surface area (Å²) in [6, 6.07) is 2.48. The van der Waals surface area contributed by atoms with Crippen LogP contribution < -0.4 is 20.9 Å². The highest BCUT2D eigenvalue weighted by atomic mass is 32.2. The van der Waals surface area contributed by atoms with Crippen molar-refractivity contribution >= 4 is 69.8 Å². The maximum Gasteiger partial charge on any atom is 0.352 e. The number of thioether (sulfide) groups is 1. The van der Waals surface area contributed by atoms with E-state index in [1.54, 1.807) is 29.1 Å². The summed E-state index contributed by atoms with van der Waals surface area (Å²) in [5.41, 5.74) is 6.44. The van der Waals surface area contributed by atoms with Gasteiger partial charge in [0.2, 0.25) is 17.9 Å². The van der Waals surface area contributed by atoms with E-state index < -0.39 is 29.2 Å². The Morgan fingerprint density at radius 3 is 2.86 bits per heavy atom. The number of nitrogens with zero attached hydrogens (tertiary/aromatic N) is 7. The monoisotopic (exact) mass is 613 g/mol. The number of carboxylic acid groups (broad SMARTS) is 1. The summed E-state index contributed by atoms with van der Waals surface area (Å²) >= 11 is 2.22. The van der Waals surface area contributed by atoms with Gasteiger partial charge in [-0.2, -0.15) is 9.36 Å². The van der Waals surface area contributed by atoms with Gasteiger partial charge in [-0.1, -0.05) is 14.8 Å². The van der Waals surface area contributed by atoms with Gasteiger partial charge in [-0.15, -0.1) is 11.8 Å². The molecule has 16 nitrogen and oxygen atoms in total. The Morgan fingerprint density at radius 2 is 2.14 bits per heavy atom. The van der Waals surface area contributed by atoms with Gasteiger partial charge in [0.05, 0.1) is 6.20 Å². The molecular formula is C24H25N10O6S2+. The number of carbonyl (C=O) groups excluding carboxylic acids is 3. The maximum absolute atomic E-state index is 13.3. The molecule has 18 heteroatoms. The average Bonchev–Trinajstić information content (AvgIpc) is 3.73. The number of hydrogen-bond acceptors (Lipinski definition) is 12. The number of aromatic nitrogens is 5. The Balaban J connectivity index is 1.23. The van der Waals surface area contributed by atoms with Gasteiger partial charge in [0.1, 0.15) is 29.8 Å². The molecule has 6 rings (SSSR count). The lowest BCUT2D eigenvalue weighted by Gasteiger charge is -2.49. The second kappa shape index (κ2) is 11.4. The van der Waals surface area contributed by atoms with Crippen LogP contribution >= 0.6 is 23.3 Å². The largest absolute Gasteiger partial charge is 0.477 e. The number of hydrogen-bond donors (Lipinski definition) is 4. The van der Waals surface area contributed by atoms with Gasteiger partial charge in [0, 0.05) is 28.9 Å². The minimum absolute atomic E-state index is 0.0175. The molecule has 0 aromatic carbocycles. The molecule has 2 atom stereocenters. The number of rotatable bonds is 10. The van der Waals surface area contributed by atoms with E-state index in [1.165, 1.54) is 21.2 Å². The Hall–Kier alpha value is -4.58. The Labute approximate surface area is 245 Å². The molecule has 3 aromatic heterocycles. The highest BCUT2D eigenvalue weighted by Crippen LogP contribution is 2.40. The lowest BCUT2D eigenvalue weighted by Crippen LogP contribution is -2.71. The van der Waals surface area contributed by atoms with Crippen LogP contribution in [0.15, 0.2) is 41.0 Å². The van der Waals surface area contributed by atoms with E-state index in [2.05, 4.69) is 30.2 Å². The van der Waals surface area contributed by atoms with Crippen molar-refractivity contribution in [2.45, 2.75) is 49.7 Å². The van der Waals surface area contributed by atoms with E-state index in [0.717, 1.165) is 37.2 Å². The summed E-state index contributed by atoms with van der Waals surface area (Å²) in [4.78, 5) is 60.8. The molecule has 3 aromatic rings. The third-order valence-corrected chi connectivity index (χ3v) is 8.98. The summed E-state index contributed by atoms with van der Waals surface area (Å²) in [6.07, 6.45) is 7.22. The van der Waals surface area contributed by atoms with E-state index in [4.69, 9.17) is 10.6 Å². The van der Waals surface area contributed by atoms with Crippen molar-refractivity contribution in [1.82, 2.24) is 29.2 Å². The third-order valence-electron chi connectivity index (χ3n) is 7.10. The van der Waals surface area contributed by atoms with Gasteiger partial charge < -0.3 is 21.0 Å². The van der Waals surface area contributed by atoms with Crippen molar-refractivity contribution < 1.29 is 33.7 Å². The fourth-order valence-electron chi connectivity index (χ4n) is 5.18. The molecule has 218 valence electrons. The van der Waals surface area contributed by atoms with Crippen LogP contribution in [0.1, 0.15) is 31.5 Å². The predicted molar refractivity (Wildman–Crippen MR) is 149 cm³/mol. The molecule has 3 aliphatic rings. The molecular weight excluding hydrogens is 588 g/mol. The van der Waals surface area contributed by atoms with Crippen molar-refractivity contribution in [3.05, 3.63) is 41.6 Å². The number of nitrogen functional groups attached to an aromatic ring is 1. The number of imidazole rings is 1. The zero-order valence-corrected chi connectivity index (χ0v) is 23.5. The molecule has 1 aliphatic carbocycles. The third kappa shape index (κ3) is 5.02. The maximum atomic E-state index is 13.3. The van der Waals surface area contributed by atoms with Gasteiger partial charge in [0.25, 0.3) is 17.6 Å². The number of carbonyl (C=O) groups is 4. The minimum Gasteiger partial charge on any atom is -0.477 e. The van der Waals surface area contributed by atoms with Crippen LogP contribution in [0.5, 0.6) is 0 Å². The van der Waals surface area contributed by atoms with Crippen LogP contribution in [-0.4, -0.2) is 82.2 Å². The van der Waals surface area contributed by atoms with E-state index in [1.807, 2.05) is 0 Å². The topological polar surface area (TPSA) is 210 Å². The fourth-order valence-corrected chi connectivity index (χ4v) is 6.95. The van der Waals surface area contributed by atoms with E-state index in [0.29, 0.717) is 23.4 Å². The summed E-state index contributed by atoms with van der Waals surface area (Å²) < 4.78 is 7.32. The first-order valence-electron chi connectivity index (χ1n) is 13.0. The van der Waals surface area contributed by atoms with Crippen LogP contribution in [0.2, 0.25) is 0 Å². The second-order valence-electron chi connectivity index (χ2n) is 9.72. The molecule has 42 heavy (non-hydrogen) atoms. The van der Waals surface area contributed by atoms with Gasteiger partial charge in [-0.05, 0) is 31.7 Å². The molecule has 0 unspecified atom stereocenters. The number of β-lactam (4-membered cyclic amide) rings is 1. The molecule has 1 saturated carbocycles. The number of fused-ring (bicyclic) bond motifs is 2. The quantitative estimate of drug-likeness (QED) is 0.0768. The molecule has 0 bridgehead atoms. The van der Waals surface area contributed by atoms with Crippen molar-refractivity contribution in [2.75, 3.05) is 16.8 Å². The van der Waals surface area contributed by atoms with Gasteiger partial charge in [-0.25, -0.2) is 9.36 Å². The van der Waals surface area contributed by atoms with E-state index in [9.17, 15) is 24.3 Å². The highest BCUT2D eigenvalue weighted by Gasteiger charge is 2.54. The number of carboxylic acids is 1. The van der Waals surface area contributed by atoms with E-state index >= 15 is 0 Å². The standard InChI is InChI=1S/C24H24N10O6S2/c25-24-29-19(31-42-24)16(30-40-13-4-1-2-5-13)20(36)28-17-21(37)33-18(23(38)39)12(10-41-22(17)33)8-32-9-14(26-11-35)34-15(32)6-3-7-27-34/h3,6-7,9,11,13,17,22H,1-2,4-5,8,10H2,(H4-,25,26,27,28,29,31,35,36,38,39)/p+1/b30-16-/t17-,22-/m1/s1. The smallest absolute Gasteiger partial charge is 0.352 e. The van der Waals surface area contributed by atoms with E-state index in [-0.39, 0.29) is 40.8 Å². The highest BCUT2D eigenvalue weighted by molar-refractivity contribution is 8.00. The Bertz CT molecular complexity index is 1650. The zero-order chi connectivity index (χ0) is 29.4. The van der Waals surface area contributed by atoms with Crippen molar-refractivity contribution in [2.24, 2.45) is 5.16 Å². The van der Waals surface area contributed by atoms with Crippen LogP contribution in [0.25, 0.3) is 5.65 Å². The fraction of sp³-hybridized carbons (Fsp3) is 0.375. The van der Waals surface area contributed by atoms with Crippen molar-refractivity contribution in [3.63, 3.8) is 0 Å². The average molecular weight is 614 g/mol. The zero-order valence-electron chi connectivity index (χ0n) is 21.9. The Kier molecular flexibility index (Phi) is 7.46. The summed E-state index contributed by atoms with van der Waals surface area (Å²) in [6.45, 7) is 0.129. The summed E-state index contributed by atoms with van der Waals surface area (Å²) in [5.74, 6) is -1.91. The Morgan fingerprint density at radius 1 is 1.33 bits per heavy atom. The number of anilines is 2. The molecule has 5 N–H and O–H groups in total.